The van der Waals surface area contributed by atoms with E-state index in [1.54, 1.807) is 6.92 Å². The Morgan fingerprint density at radius 1 is 1.71 bits per heavy atom. The molecule has 0 aromatic heterocycles. The molecule has 0 aliphatic rings. The molecule has 0 spiro atoms. The smallest absolute Gasteiger partial charge is 0.108 e. The monoisotopic (exact) mass is 100 g/mol. The van der Waals surface area contributed by atoms with E-state index in [1.807, 2.05) is 0 Å². The van der Waals surface area contributed by atoms with Crippen molar-refractivity contribution in [1.82, 2.24) is 0 Å². The minimum absolute atomic E-state index is 0.641. The van der Waals surface area contributed by atoms with Crippen LogP contribution >= 0.6 is 0 Å². The number of allylic oxidation sites excluding steroid dienone is 1. The zero-order valence-electron chi connectivity index (χ0n) is 4.51. The van der Waals surface area contributed by atoms with Gasteiger partial charge in [-0.25, -0.2) is 0 Å². The first-order valence-corrected chi connectivity index (χ1v) is 1.87. The van der Waals surface area contributed by atoms with Crippen molar-refractivity contribution in [1.29, 1.82) is 0 Å². The predicted octanol–water partition coefficient (Wildman–Crippen LogP) is 1.53. The van der Waals surface area contributed by atoms with Gasteiger partial charge >= 0.3 is 0 Å². The average molecular weight is 100 g/mol. The van der Waals surface area contributed by atoms with Gasteiger partial charge in [0.05, 0.1) is 5.70 Å². The molecule has 0 aliphatic carbocycles. The second-order valence-electron chi connectivity index (χ2n) is 1.10. The number of rotatable bonds is 2. The second-order valence-corrected chi connectivity index (χ2v) is 1.10. The molecule has 3 nitrogen and oxygen atoms in total. The second kappa shape index (κ2) is 3.33. The Labute approximate surface area is 42.7 Å². The minimum atomic E-state index is 0.641. The van der Waals surface area contributed by atoms with Gasteiger partial charge < -0.3 is 4.84 Å². The molecule has 0 radical (unpaired) electrons. The third-order valence-corrected chi connectivity index (χ3v) is 0.293. The lowest BCUT2D eigenvalue weighted by Crippen LogP contribution is -1.63. The highest BCUT2D eigenvalue weighted by molar-refractivity contribution is 4.81. The van der Waals surface area contributed by atoms with Crippen LogP contribution in [0.2, 0.25) is 0 Å². The van der Waals surface area contributed by atoms with Crippen molar-refractivity contribution >= 4 is 0 Å². The highest BCUT2D eigenvalue weighted by atomic mass is 16.6. The molecule has 0 aromatic rings. The van der Waals surface area contributed by atoms with Crippen LogP contribution in [0.15, 0.2) is 22.7 Å². The molecule has 7 heavy (non-hydrogen) atoms. The van der Waals surface area contributed by atoms with Crippen LogP contribution in [-0.2, 0) is 4.84 Å². The fraction of sp³-hybridized carbons (Fsp3) is 0.500. The van der Waals surface area contributed by atoms with E-state index in [4.69, 9.17) is 0 Å². The topological polar surface area (TPSA) is 34.0 Å². The van der Waals surface area contributed by atoms with Crippen LogP contribution < -0.4 is 0 Å². The molecule has 0 heterocycles. The predicted molar refractivity (Wildman–Crippen MR) is 26.7 cm³/mol. The fourth-order valence-electron chi connectivity index (χ4n) is 0.111. The average Bonchev–Trinajstić information content (AvgIpc) is 1.61. The first kappa shape index (κ1) is 6.14. The molecule has 0 N–H and O–H groups in total. The lowest BCUT2D eigenvalue weighted by atomic mass is 10.6. The van der Waals surface area contributed by atoms with Crippen molar-refractivity contribution < 1.29 is 4.84 Å². The molecule has 3 heteroatoms. The highest BCUT2D eigenvalue weighted by Gasteiger charge is 1.70. The minimum Gasteiger partial charge on any atom is -0.383 e. The maximum absolute atomic E-state index is 4.25. The summed E-state index contributed by atoms with van der Waals surface area (Å²) in [5, 5.41) is 6.65. The molecule has 0 rings (SSSR count). The van der Waals surface area contributed by atoms with Gasteiger partial charge in [-0.2, -0.15) is 0 Å². The molecule has 0 amide bonds. The lowest BCUT2D eigenvalue weighted by molar-refractivity contribution is 0.189. The maximum Gasteiger partial charge on any atom is 0.108 e. The fourth-order valence-corrected chi connectivity index (χ4v) is 0.111. The van der Waals surface area contributed by atoms with E-state index in [0.29, 0.717) is 5.70 Å². The zero-order valence-corrected chi connectivity index (χ0v) is 4.51. The molecule has 0 fully saturated rings. The van der Waals surface area contributed by atoms with Crippen LogP contribution in [-0.4, -0.2) is 7.11 Å². The van der Waals surface area contributed by atoms with Gasteiger partial charge in [-0.1, -0.05) is 6.58 Å². The Kier molecular flexibility index (Phi) is 2.92. The van der Waals surface area contributed by atoms with Crippen LogP contribution in [0.25, 0.3) is 0 Å². The van der Waals surface area contributed by atoms with Crippen molar-refractivity contribution in [2.45, 2.75) is 6.92 Å². The van der Waals surface area contributed by atoms with E-state index in [2.05, 4.69) is 21.8 Å². The molecule has 0 aromatic carbocycles. The quantitative estimate of drug-likeness (QED) is 0.382. The van der Waals surface area contributed by atoms with E-state index in [-0.39, 0.29) is 0 Å². The Morgan fingerprint density at radius 2 is 2.29 bits per heavy atom. The standard InChI is InChI=1S/C4H8N2O/c1-4(2)5-6-7-3/h1H2,2-3H3/b6-5-. The summed E-state index contributed by atoms with van der Waals surface area (Å²) in [5.41, 5.74) is 0.641. The summed E-state index contributed by atoms with van der Waals surface area (Å²) in [5.74, 6) is 0. The van der Waals surface area contributed by atoms with Crippen LogP contribution in [0.3, 0.4) is 0 Å². The van der Waals surface area contributed by atoms with Crippen LogP contribution in [0.5, 0.6) is 0 Å². The van der Waals surface area contributed by atoms with Gasteiger partial charge in [0.1, 0.15) is 7.11 Å². The van der Waals surface area contributed by atoms with Gasteiger partial charge in [-0.3, -0.25) is 0 Å². The summed E-state index contributed by atoms with van der Waals surface area (Å²) in [6, 6.07) is 0. The molecule has 0 unspecified atom stereocenters. The molecule has 0 bridgehead atoms. The maximum atomic E-state index is 4.25. The molecular weight excluding hydrogens is 92.1 g/mol. The summed E-state index contributed by atoms with van der Waals surface area (Å²) >= 11 is 0. The highest BCUT2D eigenvalue weighted by Crippen LogP contribution is 1.87. The van der Waals surface area contributed by atoms with Gasteiger partial charge in [0.2, 0.25) is 0 Å². The summed E-state index contributed by atoms with van der Waals surface area (Å²) in [4.78, 5) is 4.25. The van der Waals surface area contributed by atoms with Crippen molar-refractivity contribution in [2.24, 2.45) is 10.4 Å². The number of hydrogen-bond donors (Lipinski definition) is 0. The van der Waals surface area contributed by atoms with Gasteiger partial charge in [0.15, 0.2) is 0 Å². The Balaban J connectivity index is 3.26. The number of nitrogens with zero attached hydrogens (tertiary/aromatic N) is 2. The normalized spacial score (nSPS) is 9.43. The van der Waals surface area contributed by atoms with Crippen molar-refractivity contribution in [2.75, 3.05) is 7.11 Å². The van der Waals surface area contributed by atoms with Crippen molar-refractivity contribution in [3.63, 3.8) is 0 Å². The largest absolute Gasteiger partial charge is 0.383 e. The molecule has 0 saturated heterocycles. The van der Waals surface area contributed by atoms with Crippen molar-refractivity contribution in [3.05, 3.63) is 12.3 Å². The van der Waals surface area contributed by atoms with Gasteiger partial charge in [0.25, 0.3) is 0 Å². The van der Waals surface area contributed by atoms with E-state index in [0.717, 1.165) is 0 Å². The Morgan fingerprint density at radius 3 is 2.43 bits per heavy atom. The van der Waals surface area contributed by atoms with E-state index < -0.39 is 0 Å². The number of hydrogen-bond acceptors (Lipinski definition) is 3. The summed E-state index contributed by atoms with van der Waals surface area (Å²) < 4.78 is 0. The molecule has 40 valence electrons. The van der Waals surface area contributed by atoms with Gasteiger partial charge in [-0.15, -0.1) is 5.11 Å². The van der Waals surface area contributed by atoms with E-state index in [1.165, 1.54) is 7.11 Å². The van der Waals surface area contributed by atoms with Crippen LogP contribution in [0, 0.1) is 0 Å². The third kappa shape index (κ3) is 5.14. The first-order chi connectivity index (χ1) is 3.27. The van der Waals surface area contributed by atoms with Crippen LogP contribution in [0.4, 0.5) is 0 Å². The zero-order chi connectivity index (χ0) is 5.70. The summed E-state index contributed by atoms with van der Waals surface area (Å²) in [6.45, 7) is 5.19. The van der Waals surface area contributed by atoms with Gasteiger partial charge in [-0.05, 0) is 6.92 Å². The first-order valence-electron chi connectivity index (χ1n) is 1.87. The Bertz CT molecular complexity index is 87.7. The molecule has 0 aliphatic heterocycles. The summed E-state index contributed by atoms with van der Waals surface area (Å²) in [7, 11) is 1.44. The van der Waals surface area contributed by atoms with E-state index in [9.17, 15) is 0 Å². The molecule has 0 saturated carbocycles. The molecule has 0 atom stereocenters. The molecular formula is C4H8N2O. The van der Waals surface area contributed by atoms with Crippen molar-refractivity contribution in [3.8, 4) is 0 Å². The van der Waals surface area contributed by atoms with Gasteiger partial charge in [0, 0.05) is 5.28 Å². The lowest BCUT2D eigenvalue weighted by Gasteiger charge is -1.80. The van der Waals surface area contributed by atoms with E-state index >= 15 is 0 Å². The summed E-state index contributed by atoms with van der Waals surface area (Å²) in [6.07, 6.45) is 0. The van der Waals surface area contributed by atoms with Crippen LogP contribution in [0.1, 0.15) is 6.92 Å². The Hall–Kier alpha value is -0.860. The SMILES string of the molecule is C=C(C)/N=N\OC. The third-order valence-electron chi connectivity index (χ3n) is 0.293.